The predicted molar refractivity (Wildman–Crippen MR) is 302 cm³/mol. The number of amides is 1. The number of methoxy groups -OCH3 is 2. The Kier molecular flexibility index (Phi) is 21.2. The Hall–Kier alpha value is -4.46. The molecule has 0 saturated carbocycles. The molecule has 2 aromatic rings. The lowest BCUT2D eigenvalue weighted by molar-refractivity contribution is -0.320. The monoisotopic (exact) mass is 1170 g/mol. The largest absolute Gasteiger partial charge is 0.477 e. The smallest absolute Gasteiger partial charge is 0.341 e. The van der Waals surface area contributed by atoms with Gasteiger partial charge in [-0.25, -0.2) is 4.79 Å². The molecule has 1 amide bonds. The Morgan fingerprint density at radius 3 is 2.14 bits per heavy atom. The van der Waals surface area contributed by atoms with E-state index >= 15 is 0 Å². The summed E-state index contributed by atoms with van der Waals surface area (Å²) in [6, 6.07) is 4.55. The second kappa shape index (κ2) is 26.7. The van der Waals surface area contributed by atoms with Crippen LogP contribution >= 0.6 is 0 Å². The van der Waals surface area contributed by atoms with Gasteiger partial charge in [0.25, 0.3) is 5.91 Å². The lowest BCUT2D eigenvalue weighted by atomic mass is 9.68. The Bertz CT molecular complexity index is 2700. The van der Waals surface area contributed by atoms with Crippen molar-refractivity contribution in [2.75, 3.05) is 61.8 Å². The third-order valence-corrected chi connectivity index (χ3v) is 18.7. The molecule has 0 radical (unpaired) electrons. The molecule has 3 unspecified atom stereocenters. The van der Waals surface area contributed by atoms with Gasteiger partial charge in [0.05, 0.1) is 73.7 Å². The number of pyridine rings is 1. The molecule has 5 fully saturated rings. The van der Waals surface area contributed by atoms with Crippen molar-refractivity contribution in [3.63, 3.8) is 0 Å². The molecule has 19 atom stereocenters. The normalized spacial score (nSPS) is 37.9. The van der Waals surface area contributed by atoms with Gasteiger partial charge in [0.1, 0.15) is 34.8 Å². The number of ether oxygens (including phenoxy) is 11. The summed E-state index contributed by atoms with van der Waals surface area (Å²) in [5, 5.41) is 21.8. The van der Waals surface area contributed by atoms with Gasteiger partial charge in [-0.15, -0.1) is 0 Å². The van der Waals surface area contributed by atoms with Crippen molar-refractivity contribution in [3.8, 4) is 0 Å². The molecular formula is C61H93N3O19. The Morgan fingerprint density at radius 2 is 1.52 bits per heavy atom. The number of ketones is 1. The van der Waals surface area contributed by atoms with Crippen molar-refractivity contribution in [1.82, 2.24) is 14.4 Å². The number of hydrogen-bond donors (Lipinski definition) is 2. The fourth-order valence-electron chi connectivity index (χ4n) is 13.8. The van der Waals surface area contributed by atoms with Crippen LogP contribution < -0.4 is 5.43 Å². The number of β-lactam (4-membered cyclic amide) rings is 1. The number of carbonyl (C=O) groups excluding carboxylic acids is 4. The SMILES string of the molecule is CC[C@H]1OC(=O)[C@H](C)[C@@H](O[C@H]2C[C@@](C)(OC)[C@@H](OC(=O)CCOCCOCCCc3ccc4c(c3)c(=O)c(C(=O)O)cn4CC)[C@H](C)O2)[C@H](C)[C@@H](O[C@@H]2OC(C)C[C@H](N(C)C)[C@H]2O)[C@](C)(OC)C[C@@H](C)C(=O)[C@H](C)C2N(C)C(=O)C23O[C@]13C. The maximum Gasteiger partial charge on any atom is 0.341 e. The van der Waals surface area contributed by atoms with Crippen molar-refractivity contribution in [2.24, 2.45) is 23.7 Å². The van der Waals surface area contributed by atoms with E-state index in [0.717, 1.165) is 5.56 Å². The zero-order chi connectivity index (χ0) is 61.3. The summed E-state index contributed by atoms with van der Waals surface area (Å²) in [7, 11) is 8.46. The van der Waals surface area contributed by atoms with Crippen LogP contribution in [0.25, 0.3) is 10.9 Å². The highest BCUT2D eigenvalue weighted by atomic mass is 16.7. The number of aromatic nitrogens is 1. The number of likely N-dealkylation sites (N-methyl/N-ethyl adjacent to an activating group) is 2. The summed E-state index contributed by atoms with van der Waals surface area (Å²) in [6.07, 6.45) is -4.73. The van der Waals surface area contributed by atoms with Crippen LogP contribution in [0.3, 0.4) is 0 Å². The lowest BCUT2D eigenvalue weighted by Crippen LogP contribution is -2.72. The van der Waals surface area contributed by atoms with Crippen molar-refractivity contribution >= 4 is 40.5 Å². The van der Waals surface area contributed by atoms with Gasteiger partial charge in [0.2, 0.25) is 11.0 Å². The van der Waals surface area contributed by atoms with Gasteiger partial charge < -0.3 is 76.7 Å². The number of fused-ring (bicyclic) bond motifs is 1. The zero-order valence-electron chi connectivity index (χ0n) is 51.6. The van der Waals surface area contributed by atoms with E-state index in [0.29, 0.717) is 49.7 Å². The minimum absolute atomic E-state index is 0.0433. The molecule has 5 aliphatic rings. The number of carbonyl (C=O) groups is 5. The Labute approximate surface area is 488 Å². The third-order valence-electron chi connectivity index (χ3n) is 18.7. The van der Waals surface area contributed by atoms with Crippen LogP contribution in [0.1, 0.15) is 131 Å². The van der Waals surface area contributed by atoms with E-state index in [2.05, 4.69) is 0 Å². The molecule has 5 saturated heterocycles. The molecule has 6 heterocycles. The molecule has 0 bridgehead atoms. The number of benzene rings is 1. The summed E-state index contributed by atoms with van der Waals surface area (Å²) < 4.78 is 71.8. The number of aliphatic hydroxyl groups excluding tert-OH is 1. The van der Waals surface area contributed by atoms with Crippen LogP contribution in [0, 0.1) is 23.7 Å². The minimum atomic E-state index is -1.37. The van der Waals surface area contributed by atoms with Gasteiger partial charge in [0, 0.05) is 76.2 Å². The van der Waals surface area contributed by atoms with Crippen LogP contribution in [0.2, 0.25) is 0 Å². The van der Waals surface area contributed by atoms with Crippen LogP contribution in [0.4, 0.5) is 0 Å². The van der Waals surface area contributed by atoms with E-state index in [1.165, 1.54) is 20.4 Å². The average molecular weight is 1170 g/mol. The number of hydrogen-bond acceptors (Lipinski definition) is 19. The second-order valence-electron chi connectivity index (χ2n) is 24.6. The Morgan fingerprint density at radius 1 is 0.855 bits per heavy atom. The number of likely N-dealkylation sites (tertiary alicyclic amines) is 1. The molecular weight excluding hydrogens is 1080 g/mol. The number of aromatic carboxylic acids is 1. The van der Waals surface area contributed by atoms with Gasteiger partial charge in [-0.2, -0.15) is 0 Å². The van der Waals surface area contributed by atoms with E-state index < -0.39 is 125 Å². The van der Waals surface area contributed by atoms with E-state index in [4.69, 9.17) is 52.1 Å². The van der Waals surface area contributed by atoms with Gasteiger partial charge in [0.15, 0.2) is 18.7 Å². The third kappa shape index (κ3) is 13.1. The molecule has 2 N–H and O–H groups in total. The highest BCUT2D eigenvalue weighted by Crippen LogP contribution is 2.63. The lowest BCUT2D eigenvalue weighted by Gasteiger charge is -2.50. The molecule has 1 aromatic heterocycles. The number of epoxide rings is 1. The van der Waals surface area contributed by atoms with Crippen LogP contribution in [0.15, 0.2) is 29.2 Å². The summed E-state index contributed by atoms with van der Waals surface area (Å²) >= 11 is 0. The highest BCUT2D eigenvalue weighted by Gasteiger charge is 2.86. The van der Waals surface area contributed by atoms with Crippen LogP contribution in [-0.4, -0.2) is 206 Å². The van der Waals surface area contributed by atoms with Crippen molar-refractivity contribution in [3.05, 3.63) is 45.7 Å². The van der Waals surface area contributed by atoms with Gasteiger partial charge in [-0.1, -0.05) is 33.8 Å². The molecule has 1 spiro atoms. The number of rotatable bonds is 21. The second-order valence-corrected chi connectivity index (χ2v) is 24.6. The number of aliphatic hydroxyl groups is 1. The van der Waals surface area contributed by atoms with Crippen molar-refractivity contribution < 1.29 is 86.3 Å². The maximum atomic E-state index is 14.9. The van der Waals surface area contributed by atoms with Gasteiger partial charge >= 0.3 is 17.9 Å². The quantitative estimate of drug-likeness (QED) is 0.0692. The fraction of sp³-hybridized carbons (Fsp3) is 0.770. The molecule has 466 valence electrons. The number of carboxylic acid groups (broad SMARTS) is 1. The summed E-state index contributed by atoms with van der Waals surface area (Å²) in [5.74, 6) is -6.00. The van der Waals surface area contributed by atoms with E-state index in [1.54, 1.807) is 57.2 Å². The zero-order valence-corrected chi connectivity index (χ0v) is 51.6. The standard InChI is InChI=1S/C61H93N3O19/c1-17-44-60(11)61(83-60)51(63(14)57(61)72)35(5)47(66)33(3)30-58(9,73-15)52(82-56-49(68)43(62(12)13)28-34(4)77-56)36(6)50(37(7)55(71)79-44)81-46-31-59(10,74-16)53(38(8)78-46)80-45(65)23-25-76-27-26-75-24-19-20-39-21-22-42-40(29-39)48(67)41(54(69)70)32-64(42)18-2/h21-22,29,32-38,43-44,46,49-53,56,68H,17-20,23-28,30-31H2,1-16H3,(H,69,70)/t33-,34?,35+,36+,37-,38+,43+,44-,46+,49-,50+,51?,52-,53+,56+,58-,59-,60-,61?/m1/s1. The number of nitrogens with zero attached hydrogens (tertiary/aromatic N) is 3. The van der Waals surface area contributed by atoms with Gasteiger partial charge in [-0.3, -0.25) is 24.0 Å². The first-order valence-electron chi connectivity index (χ1n) is 29.6. The molecule has 7 rings (SSSR count). The number of cyclic esters (lactones) is 1. The number of Topliss-reactive ketones (excluding diaryl/α,β-unsaturated/α-hetero) is 1. The molecule has 5 aliphatic heterocycles. The number of esters is 2. The first-order valence-corrected chi connectivity index (χ1v) is 29.6. The Balaban J connectivity index is 1.03. The molecule has 83 heavy (non-hydrogen) atoms. The first kappa shape index (κ1) is 66.1. The van der Waals surface area contributed by atoms with Gasteiger partial charge in [-0.05, 0) is 112 Å². The first-order chi connectivity index (χ1) is 39.1. The van der Waals surface area contributed by atoms with E-state index in [9.17, 15) is 39.0 Å². The van der Waals surface area contributed by atoms with Crippen LogP contribution in [0.5, 0.6) is 0 Å². The summed E-state index contributed by atoms with van der Waals surface area (Å²) in [4.78, 5) is 85.1. The topological polar surface area (TPSA) is 259 Å². The van der Waals surface area contributed by atoms with E-state index in [1.807, 2.05) is 72.7 Å². The summed E-state index contributed by atoms with van der Waals surface area (Å²) in [6.45, 7) is 21.5. The fourth-order valence-corrected chi connectivity index (χ4v) is 13.8. The van der Waals surface area contributed by atoms with E-state index in [-0.39, 0.29) is 68.5 Å². The summed E-state index contributed by atoms with van der Waals surface area (Å²) in [5.41, 5.74) is -4.28. The molecule has 22 nitrogen and oxygen atoms in total. The maximum absolute atomic E-state index is 14.9. The van der Waals surface area contributed by atoms with Crippen molar-refractivity contribution in [2.45, 2.75) is 217 Å². The molecule has 1 aromatic carbocycles. The highest BCUT2D eigenvalue weighted by molar-refractivity contribution is 6.00. The van der Waals surface area contributed by atoms with Crippen molar-refractivity contribution in [1.29, 1.82) is 0 Å². The predicted octanol–water partition coefficient (Wildman–Crippen LogP) is 5.34. The average Bonchev–Trinajstić information content (AvgIpc) is 1.50. The number of aryl methyl sites for hydroxylation is 2. The minimum Gasteiger partial charge on any atom is -0.477 e. The molecule has 22 heteroatoms. The van der Waals surface area contributed by atoms with Crippen LogP contribution in [-0.2, 0) is 84.2 Å². The number of carboxylic acids is 1. The molecule has 0 aliphatic carbocycles.